The van der Waals surface area contributed by atoms with Crippen molar-refractivity contribution < 1.29 is 24.3 Å². The fourth-order valence-corrected chi connectivity index (χ4v) is 1.45. The third-order valence-corrected chi connectivity index (χ3v) is 2.19. The van der Waals surface area contributed by atoms with Crippen LogP contribution in [0.15, 0.2) is 18.2 Å². The van der Waals surface area contributed by atoms with Gasteiger partial charge in [0.15, 0.2) is 6.61 Å². The number of non-ortho nitro benzene ring substituents is 1. The Kier molecular flexibility index (Phi) is 5.04. The van der Waals surface area contributed by atoms with Crippen molar-refractivity contribution >= 4 is 11.7 Å². The predicted octanol–water partition coefficient (Wildman–Crippen LogP) is 1.81. The van der Waals surface area contributed by atoms with E-state index in [0.717, 1.165) is 0 Å². The van der Waals surface area contributed by atoms with Crippen molar-refractivity contribution in [2.75, 3.05) is 6.61 Å². The Morgan fingerprint density at radius 1 is 1.40 bits per heavy atom. The quantitative estimate of drug-likeness (QED) is 0.502. The van der Waals surface area contributed by atoms with Gasteiger partial charge in [0.2, 0.25) is 0 Å². The van der Waals surface area contributed by atoms with Crippen LogP contribution in [0.25, 0.3) is 0 Å². The van der Waals surface area contributed by atoms with E-state index in [1.165, 1.54) is 18.2 Å². The lowest BCUT2D eigenvalue weighted by molar-refractivity contribution is -0.385. The molecule has 0 radical (unpaired) electrons. The van der Waals surface area contributed by atoms with Gasteiger partial charge >= 0.3 is 5.97 Å². The molecule has 20 heavy (non-hydrogen) atoms. The standard InChI is InChI=1S/C13H17NO6/c1-13(2,3)20-12(16)8-19-11-5-4-10(14(17)18)6-9(11)7-15/h4-6,15H,7-8H2,1-3H3. The van der Waals surface area contributed by atoms with Crippen molar-refractivity contribution in [2.45, 2.75) is 33.0 Å². The number of benzene rings is 1. The summed E-state index contributed by atoms with van der Waals surface area (Å²) < 4.78 is 10.3. The lowest BCUT2D eigenvalue weighted by Crippen LogP contribution is -2.27. The number of nitro groups is 1. The smallest absolute Gasteiger partial charge is 0.344 e. The number of hydrogen-bond acceptors (Lipinski definition) is 6. The van der Waals surface area contributed by atoms with Gasteiger partial charge in [0, 0.05) is 17.7 Å². The van der Waals surface area contributed by atoms with Gasteiger partial charge < -0.3 is 14.6 Å². The van der Waals surface area contributed by atoms with Crippen LogP contribution < -0.4 is 4.74 Å². The first-order chi connectivity index (χ1) is 9.23. The minimum absolute atomic E-state index is 0.154. The Morgan fingerprint density at radius 3 is 2.55 bits per heavy atom. The molecule has 0 aliphatic carbocycles. The summed E-state index contributed by atoms with van der Waals surface area (Å²) in [7, 11) is 0. The molecule has 0 aromatic heterocycles. The number of rotatable bonds is 5. The lowest BCUT2D eigenvalue weighted by Gasteiger charge is -2.19. The molecule has 0 saturated heterocycles. The lowest BCUT2D eigenvalue weighted by atomic mass is 10.2. The molecule has 0 bridgehead atoms. The molecule has 0 unspecified atom stereocenters. The van der Waals surface area contributed by atoms with E-state index in [1.807, 2.05) is 0 Å². The molecule has 0 fully saturated rings. The number of nitrogens with zero attached hydrogens (tertiary/aromatic N) is 1. The minimum Gasteiger partial charge on any atom is -0.482 e. The second kappa shape index (κ2) is 6.33. The van der Waals surface area contributed by atoms with Gasteiger partial charge in [-0.05, 0) is 26.8 Å². The van der Waals surface area contributed by atoms with Crippen molar-refractivity contribution in [2.24, 2.45) is 0 Å². The summed E-state index contributed by atoms with van der Waals surface area (Å²) in [5.74, 6) is -0.344. The molecule has 0 spiro atoms. The van der Waals surface area contributed by atoms with Gasteiger partial charge in [-0.15, -0.1) is 0 Å². The Labute approximate surface area is 116 Å². The normalized spacial score (nSPS) is 11.0. The molecule has 1 rings (SSSR count). The molecule has 7 nitrogen and oxygen atoms in total. The molecule has 0 aliphatic rings. The summed E-state index contributed by atoms with van der Waals surface area (Å²) in [6.45, 7) is 4.44. The van der Waals surface area contributed by atoms with Crippen molar-refractivity contribution in [3.63, 3.8) is 0 Å². The van der Waals surface area contributed by atoms with Gasteiger partial charge in [0.05, 0.1) is 11.5 Å². The molecule has 0 heterocycles. The molecular formula is C13H17NO6. The topological polar surface area (TPSA) is 98.9 Å². The maximum absolute atomic E-state index is 11.5. The van der Waals surface area contributed by atoms with Gasteiger partial charge in [-0.1, -0.05) is 0 Å². The molecule has 0 amide bonds. The highest BCUT2D eigenvalue weighted by atomic mass is 16.6. The molecule has 110 valence electrons. The maximum Gasteiger partial charge on any atom is 0.344 e. The van der Waals surface area contributed by atoms with Crippen LogP contribution in [0.1, 0.15) is 26.3 Å². The van der Waals surface area contributed by atoms with Crippen LogP contribution in [0.5, 0.6) is 5.75 Å². The zero-order valence-electron chi connectivity index (χ0n) is 11.6. The first kappa shape index (κ1) is 15.9. The van der Waals surface area contributed by atoms with Gasteiger partial charge in [0.25, 0.3) is 5.69 Å². The highest BCUT2D eigenvalue weighted by Crippen LogP contribution is 2.24. The van der Waals surface area contributed by atoms with Crippen molar-refractivity contribution in [1.29, 1.82) is 0 Å². The van der Waals surface area contributed by atoms with E-state index in [2.05, 4.69) is 0 Å². The van der Waals surface area contributed by atoms with E-state index in [9.17, 15) is 14.9 Å². The molecule has 0 atom stereocenters. The Hall–Kier alpha value is -2.15. The molecule has 1 aromatic rings. The summed E-state index contributed by atoms with van der Waals surface area (Å²) in [6, 6.07) is 3.78. The van der Waals surface area contributed by atoms with E-state index < -0.39 is 23.1 Å². The summed E-state index contributed by atoms with van der Waals surface area (Å²) in [4.78, 5) is 21.5. The third-order valence-electron chi connectivity index (χ3n) is 2.19. The zero-order valence-corrected chi connectivity index (χ0v) is 11.6. The Morgan fingerprint density at radius 2 is 2.05 bits per heavy atom. The highest BCUT2D eigenvalue weighted by molar-refractivity contribution is 5.71. The minimum atomic E-state index is -0.615. The highest BCUT2D eigenvalue weighted by Gasteiger charge is 2.18. The SMILES string of the molecule is CC(C)(C)OC(=O)COc1ccc([N+](=O)[O-])cc1CO. The Balaban J connectivity index is 2.73. The fraction of sp³-hybridized carbons (Fsp3) is 0.462. The first-order valence-corrected chi connectivity index (χ1v) is 5.96. The van der Waals surface area contributed by atoms with Crippen LogP contribution in [-0.4, -0.2) is 28.2 Å². The Bertz CT molecular complexity index is 506. The summed E-state index contributed by atoms with van der Waals surface area (Å²) in [5, 5.41) is 19.8. The van der Waals surface area contributed by atoms with Gasteiger partial charge in [0.1, 0.15) is 11.4 Å². The second-order valence-electron chi connectivity index (χ2n) is 5.08. The zero-order chi connectivity index (χ0) is 15.3. The van der Waals surface area contributed by atoms with Crippen molar-refractivity contribution in [1.82, 2.24) is 0 Å². The average molecular weight is 283 g/mol. The van der Waals surface area contributed by atoms with Gasteiger partial charge in [-0.2, -0.15) is 0 Å². The van der Waals surface area contributed by atoms with E-state index in [0.29, 0.717) is 0 Å². The molecule has 0 saturated carbocycles. The number of ether oxygens (including phenoxy) is 2. The van der Waals surface area contributed by atoms with E-state index in [4.69, 9.17) is 14.6 Å². The second-order valence-corrected chi connectivity index (χ2v) is 5.08. The van der Waals surface area contributed by atoms with Crippen LogP contribution in [-0.2, 0) is 16.1 Å². The molecule has 1 N–H and O–H groups in total. The molecular weight excluding hydrogens is 266 g/mol. The fourth-order valence-electron chi connectivity index (χ4n) is 1.45. The van der Waals surface area contributed by atoms with Gasteiger partial charge in [-0.25, -0.2) is 4.79 Å². The van der Waals surface area contributed by atoms with E-state index in [-0.39, 0.29) is 23.6 Å². The number of carbonyl (C=O) groups is 1. The van der Waals surface area contributed by atoms with Crippen LogP contribution >= 0.6 is 0 Å². The van der Waals surface area contributed by atoms with E-state index >= 15 is 0 Å². The summed E-state index contributed by atoms with van der Waals surface area (Å²) in [5.41, 5.74) is -0.531. The average Bonchev–Trinajstić information content (AvgIpc) is 2.33. The molecule has 1 aromatic carbocycles. The number of carbonyl (C=O) groups excluding carboxylic acids is 1. The summed E-state index contributed by atoms with van der Waals surface area (Å²) >= 11 is 0. The first-order valence-electron chi connectivity index (χ1n) is 5.96. The number of nitro benzene ring substituents is 1. The van der Waals surface area contributed by atoms with Crippen LogP contribution in [0.3, 0.4) is 0 Å². The van der Waals surface area contributed by atoms with E-state index in [1.54, 1.807) is 20.8 Å². The number of aliphatic hydroxyl groups is 1. The van der Waals surface area contributed by atoms with Crippen LogP contribution in [0.2, 0.25) is 0 Å². The molecule has 7 heteroatoms. The van der Waals surface area contributed by atoms with Crippen molar-refractivity contribution in [3.05, 3.63) is 33.9 Å². The van der Waals surface area contributed by atoms with Crippen LogP contribution in [0.4, 0.5) is 5.69 Å². The number of esters is 1. The predicted molar refractivity (Wildman–Crippen MR) is 70.4 cm³/mol. The maximum atomic E-state index is 11.5. The largest absolute Gasteiger partial charge is 0.482 e. The number of aliphatic hydroxyl groups excluding tert-OH is 1. The van der Waals surface area contributed by atoms with Crippen molar-refractivity contribution in [3.8, 4) is 5.75 Å². The van der Waals surface area contributed by atoms with Crippen LogP contribution in [0, 0.1) is 10.1 Å². The van der Waals surface area contributed by atoms with Gasteiger partial charge in [-0.3, -0.25) is 10.1 Å². The number of hydrogen-bond donors (Lipinski definition) is 1. The summed E-state index contributed by atoms with van der Waals surface area (Å²) in [6.07, 6.45) is 0. The molecule has 0 aliphatic heterocycles. The third kappa shape index (κ3) is 4.85. The monoisotopic (exact) mass is 283 g/mol.